The van der Waals surface area contributed by atoms with E-state index in [1.165, 1.54) is 11.1 Å². The van der Waals surface area contributed by atoms with E-state index in [4.69, 9.17) is 0 Å². The van der Waals surface area contributed by atoms with Gasteiger partial charge in [-0.3, -0.25) is 4.68 Å². The van der Waals surface area contributed by atoms with Gasteiger partial charge < -0.3 is 5.32 Å². The number of hydrogen-bond donors (Lipinski definition) is 1. The van der Waals surface area contributed by atoms with Crippen LogP contribution in [-0.2, 0) is 19.9 Å². The van der Waals surface area contributed by atoms with Gasteiger partial charge in [0, 0.05) is 19.3 Å². The Morgan fingerprint density at radius 3 is 2.67 bits per heavy atom. The maximum absolute atomic E-state index is 4.23. The summed E-state index contributed by atoms with van der Waals surface area (Å²) in [5.74, 6) is 0.533. The highest BCUT2D eigenvalue weighted by Gasteiger charge is 2.13. The summed E-state index contributed by atoms with van der Waals surface area (Å²) in [6.07, 6.45) is 4.04. The van der Waals surface area contributed by atoms with E-state index < -0.39 is 0 Å². The molecule has 0 radical (unpaired) electrons. The Morgan fingerprint density at radius 2 is 2.05 bits per heavy atom. The molecule has 2 rings (SSSR count). The van der Waals surface area contributed by atoms with Gasteiger partial charge >= 0.3 is 0 Å². The van der Waals surface area contributed by atoms with Gasteiger partial charge in [-0.1, -0.05) is 48.9 Å². The van der Waals surface area contributed by atoms with Crippen LogP contribution < -0.4 is 5.32 Å². The van der Waals surface area contributed by atoms with E-state index in [-0.39, 0.29) is 0 Å². The molecule has 1 aromatic heterocycles. The largest absolute Gasteiger partial charge is 0.314 e. The molecule has 4 nitrogen and oxygen atoms in total. The molecule has 0 amide bonds. The molecule has 4 heteroatoms. The third-order valence-corrected chi connectivity index (χ3v) is 3.57. The average molecular weight is 286 g/mol. The molecule has 0 aliphatic rings. The van der Waals surface area contributed by atoms with Gasteiger partial charge in [0.1, 0.15) is 0 Å². The van der Waals surface area contributed by atoms with Gasteiger partial charge in [0.05, 0.1) is 5.69 Å². The van der Waals surface area contributed by atoms with Gasteiger partial charge in [-0.2, -0.15) is 0 Å². The van der Waals surface area contributed by atoms with Gasteiger partial charge in [-0.15, -0.1) is 5.10 Å². The number of hydrogen-bond acceptors (Lipinski definition) is 3. The summed E-state index contributed by atoms with van der Waals surface area (Å²) in [7, 11) is 1.92. The summed E-state index contributed by atoms with van der Waals surface area (Å²) in [4.78, 5) is 0. The first-order chi connectivity index (χ1) is 10.0. The minimum Gasteiger partial charge on any atom is -0.314 e. The molecule has 0 saturated carbocycles. The third-order valence-electron chi connectivity index (χ3n) is 3.57. The molecule has 2 aromatic rings. The Bertz CT molecular complexity index is 559. The summed E-state index contributed by atoms with van der Waals surface area (Å²) in [5, 5.41) is 11.8. The number of rotatable bonds is 7. The first-order valence-corrected chi connectivity index (χ1v) is 7.67. The molecular weight excluding hydrogens is 260 g/mol. The van der Waals surface area contributed by atoms with Crippen LogP contribution >= 0.6 is 0 Å². The van der Waals surface area contributed by atoms with E-state index >= 15 is 0 Å². The fourth-order valence-electron chi connectivity index (χ4n) is 2.58. The van der Waals surface area contributed by atoms with Crippen LogP contribution in [0.25, 0.3) is 0 Å². The third kappa shape index (κ3) is 5.31. The zero-order valence-electron chi connectivity index (χ0n) is 13.5. The first kappa shape index (κ1) is 15.7. The van der Waals surface area contributed by atoms with E-state index in [2.05, 4.69) is 60.7 Å². The first-order valence-electron chi connectivity index (χ1n) is 7.67. The number of benzene rings is 1. The van der Waals surface area contributed by atoms with Gasteiger partial charge in [0.15, 0.2) is 0 Å². The summed E-state index contributed by atoms with van der Waals surface area (Å²) < 4.78 is 1.77. The van der Waals surface area contributed by atoms with Crippen molar-refractivity contribution in [1.82, 2.24) is 20.3 Å². The lowest BCUT2D eigenvalue weighted by molar-refractivity contribution is 0.441. The molecule has 0 bridgehead atoms. The second-order valence-electron chi connectivity index (χ2n) is 6.21. The highest BCUT2D eigenvalue weighted by atomic mass is 15.4. The number of aromatic nitrogens is 3. The Labute approximate surface area is 127 Å². The van der Waals surface area contributed by atoms with Crippen LogP contribution in [0.1, 0.15) is 30.7 Å². The van der Waals surface area contributed by atoms with Gasteiger partial charge in [0.25, 0.3) is 0 Å². The van der Waals surface area contributed by atoms with Crippen molar-refractivity contribution in [2.24, 2.45) is 13.0 Å². The van der Waals surface area contributed by atoms with Crippen molar-refractivity contribution < 1.29 is 0 Å². The van der Waals surface area contributed by atoms with E-state index in [1.54, 1.807) is 4.68 Å². The molecule has 0 spiro atoms. The van der Waals surface area contributed by atoms with Crippen molar-refractivity contribution in [3.8, 4) is 0 Å². The Kier molecular flexibility index (Phi) is 5.51. The summed E-state index contributed by atoms with van der Waals surface area (Å²) in [5.41, 5.74) is 3.79. The van der Waals surface area contributed by atoms with Crippen molar-refractivity contribution in [3.63, 3.8) is 0 Å². The predicted octanol–water partition coefficient (Wildman–Crippen LogP) is 2.52. The van der Waals surface area contributed by atoms with Gasteiger partial charge in [-0.05, 0) is 37.8 Å². The average Bonchev–Trinajstić information content (AvgIpc) is 2.81. The monoisotopic (exact) mass is 286 g/mol. The summed E-state index contributed by atoms with van der Waals surface area (Å²) in [6, 6.07) is 9.28. The van der Waals surface area contributed by atoms with Crippen LogP contribution in [0.3, 0.4) is 0 Å². The number of aryl methyl sites for hydroxylation is 2. The normalized spacial score (nSPS) is 12.8. The Balaban J connectivity index is 2.04. The zero-order chi connectivity index (χ0) is 15.2. The van der Waals surface area contributed by atoms with Gasteiger partial charge in [0.2, 0.25) is 0 Å². The number of nitrogens with zero attached hydrogens (tertiary/aromatic N) is 3. The lowest BCUT2D eigenvalue weighted by atomic mass is 9.94. The van der Waals surface area contributed by atoms with Crippen molar-refractivity contribution in [3.05, 3.63) is 47.3 Å². The van der Waals surface area contributed by atoms with Crippen molar-refractivity contribution in [2.75, 3.05) is 6.54 Å². The Hall–Kier alpha value is -1.68. The lowest BCUT2D eigenvalue weighted by Gasteiger charge is -2.18. The standard InChI is InChI=1S/C17H26N4/c1-13(2)18-11-16(10-17-12-21(4)20-19-17)9-15-7-5-6-14(3)8-15/h5-8,12-13,16,18H,9-11H2,1-4H3. The minimum atomic E-state index is 0.506. The zero-order valence-corrected chi connectivity index (χ0v) is 13.5. The lowest BCUT2D eigenvalue weighted by Crippen LogP contribution is -2.31. The van der Waals surface area contributed by atoms with Crippen LogP contribution in [0.2, 0.25) is 0 Å². The summed E-state index contributed by atoms with van der Waals surface area (Å²) in [6.45, 7) is 7.52. The SMILES string of the molecule is Cc1cccc(CC(CNC(C)C)Cc2cn(C)nn2)c1. The predicted molar refractivity (Wildman–Crippen MR) is 86.2 cm³/mol. The molecule has 1 atom stereocenters. The molecule has 1 heterocycles. The molecule has 1 N–H and O–H groups in total. The highest BCUT2D eigenvalue weighted by Crippen LogP contribution is 2.14. The van der Waals surface area contributed by atoms with Crippen LogP contribution in [0.15, 0.2) is 30.5 Å². The molecule has 0 saturated heterocycles. The van der Waals surface area contributed by atoms with E-state index in [9.17, 15) is 0 Å². The smallest absolute Gasteiger partial charge is 0.0830 e. The molecule has 0 fully saturated rings. The van der Waals surface area contributed by atoms with Crippen LogP contribution in [0.4, 0.5) is 0 Å². The van der Waals surface area contributed by atoms with E-state index in [1.807, 2.05) is 13.2 Å². The van der Waals surface area contributed by atoms with Crippen molar-refractivity contribution in [1.29, 1.82) is 0 Å². The fourth-order valence-corrected chi connectivity index (χ4v) is 2.58. The quantitative estimate of drug-likeness (QED) is 0.850. The minimum absolute atomic E-state index is 0.506. The van der Waals surface area contributed by atoms with Crippen molar-refractivity contribution >= 4 is 0 Å². The van der Waals surface area contributed by atoms with Crippen LogP contribution in [0.5, 0.6) is 0 Å². The molecule has 0 aliphatic carbocycles. The molecular formula is C17H26N4. The van der Waals surface area contributed by atoms with E-state index in [0.29, 0.717) is 12.0 Å². The Morgan fingerprint density at radius 1 is 1.24 bits per heavy atom. The van der Waals surface area contributed by atoms with Gasteiger partial charge in [-0.25, -0.2) is 0 Å². The number of nitrogens with one attached hydrogen (secondary N) is 1. The second-order valence-corrected chi connectivity index (χ2v) is 6.21. The molecule has 21 heavy (non-hydrogen) atoms. The molecule has 1 aromatic carbocycles. The second kappa shape index (κ2) is 7.36. The van der Waals surface area contributed by atoms with Crippen LogP contribution in [-0.4, -0.2) is 27.6 Å². The van der Waals surface area contributed by atoms with E-state index in [0.717, 1.165) is 25.1 Å². The van der Waals surface area contributed by atoms with Crippen molar-refractivity contribution in [2.45, 2.75) is 39.7 Å². The fraction of sp³-hybridized carbons (Fsp3) is 0.529. The maximum atomic E-state index is 4.23. The molecule has 114 valence electrons. The topological polar surface area (TPSA) is 42.7 Å². The summed E-state index contributed by atoms with van der Waals surface area (Å²) >= 11 is 0. The molecule has 1 unspecified atom stereocenters. The maximum Gasteiger partial charge on any atom is 0.0830 e. The van der Waals surface area contributed by atoms with Crippen LogP contribution in [0, 0.1) is 12.8 Å². The molecule has 0 aliphatic heterocycles. The highest BCUT2D eigenvalue weighted by molar-refractivity contribution is 5.22.